The standard InChI is InChI=1S/C20H21N3O3S/c1-4-26-16-8-9-17-18(11-16)23-20(22-17)27-13(3)19(25)21-15-7-5-6-14(10-15)12(2)24/h5-11,13H,4H2,1-3H3,(H,21,25)(H,22,23). The van der Waals surface area contributed by atoms with Gasteiger partial charge in [0.25, 0.3) is 0 Å². The number of carbonyl (C=O) groups is 2. The van der Waals surface area contributed by atoms with Gasteiger partial charge in [-0.25, -0.2) is 4.98 Å². The molecule has 0 bridgehead atoms. The van der Waals surface area contributed by atoms with Gasteiger partial charge in [0, 0.05) is 17.3 Å². The van der Waals surface area contributed by atoms with Gasteiger partial charge in [-0.1, -0.05) is 23.9 Å². The topological polar surface area (TPSA) is 84.1 Å². The fourth-order valence-electron chi connectivity index (χ4n) is 2.56. The fraction of sp³-hybridized carbons (Fsp3) is 0.250. The van der Waals surface area contributed by atoms with Crippen LogP contribution < -0.4 is 10.1 Å². The molecule has 0 aliphatic rings. The summed E-state index contributed by atoms with van der Waals surface area (Å²) in [4.78, 5) is 31.7. The Hall–Kier alpha value is -2.80. The van der Waals surface area contributed by atoms with Crippen LogP contribution in [0.5, 0.6) is 5.75 Å². The van der Waals surface area contributed by atoms with Crippen molar-refractivity contribution in [3.8, 4) is 5.75 Å². The summed E-state index contributed by atoms with van der Waals surface area (Å²) in [5.41, 5.74) is 2.86. The molecule has 0 radical (unpaired) electrons. The van der Waals surface area contributed by atoms with E-state index in [1.54, 1.807) is 24.3 Å². The summed E-state index contributed by atoms with van der Waals surface area (Å²) in [6.07, 6.45) is 0. The number of fused-ring (bicyclic) bond motifs is 1. The van der Waals surface area contributed by atoms with Crippen LogP contribution in [0.3, 0.4) is 0 Å². The molecule has 1 aromatic heterocycles. The van der Waals surface area contributed by atoms with Gasteiger partial charge in [0.1, 0.15) is 5.75 Å². The number of benzene rings is 2. The summed E-state index contributed by atoms with van der Waals surface area (Å²) >= 11 is 1.34. The summed E-state index contributed by atoms with van der Waals surface area (Å²) in [6, 6.07) is 12.6. The highest BCUT2D eigenvalue weighted by atomic mass is 32.2. The van der Waals surface area contributed by atoms with Crippen LogP contribution in [0.15, 0.2) is 47.6 Å². The molecule has 0 spiro atoms. The Labute approximate surface area is 161 Å². The largest absolute Gasteiger partial charge is 0.494 e. The number of aromatic nitrogens is 2. The molecule has 6 nitrogen and oxygen atoms in total. The zero-order chi connectivity index (χ0) is 19.4. The average molecular weight is 383 g/mol. The van der Waals surface area contributed by atoms with Crippen LogP contribution in [0.2, 0.25) is 0 Å². The van der Waals surface area contributed by atoms with E-state index in [0.717, 1.165) is 16.8 Å². The zero-order valence-corrected chi connectivity index (χ0v) is 16.2. The Balaban J connectivity index is 1.68. The number of thioether (sulfide) groups is 1. The Kier molecular flexibility index (Phi) is 5.81. The third-order valence-electron chi connectivity index (χ3n) is 3.94. The molecule has 0 saturated heterocycles. The van der Waals surface area contributed by atoms with Crippen molar-refractivity contribution in [1.29, 1.82) is 0 Å². The maximum atomic E-state index is 12.5. The summed E-state index contributed by atoms with van der Waals surface area (Å²) in [5, 5.41) is 3.15. The predicted octanol–water partition coefficient (Wildman–Crippen LogP) is 4.28. The molecular formula is C20H21N3O3S. The van der Waals surface area contributed by atoms with E-state index in [2.05, 4.69) is 15.3 Å². The Morgan fingerprint density at radius 1 is 1.26 bits per heavy atom. The minimum absolute atomic E-state index is 0.0396. The van der Waals surface area contributed by atoms with E-state index in [9.17, 15) is 9.59 Å². The Morgan fingerprint density at radius 3 is 2.81 bits per heavy atom. The van der Waals surface area contributed by atoms with Gasteiger partial charge in [0.2, 0.25) is 5.91 Å². The number of H-pyrrole nitrogens is 1. The maximum absolute atomic E-state index is 12.5. The fourth-order valence-corrected chi connectivity index (χ4v) is 3.38. The molecule has 0 saturated carbocycles. The molecular weight excluding hydrogens is 362 g/mol. The first-order chi connectivity index (χ1) is 13.0. The highest BCUT2D eigenvalue weighted by Gasteiger charge is 2.17. The van der Waals surface area contributed by atoms with Crippen LogP contribution in [0.25, 0.3) is 11.0 Å². The molecule has 1 atom stereocenters. The number of carbonyl (C=O) groups excluding carboxylic acids is 2. The predicted molar refractivity (Wildman–Crippen MR) is 108 cm³/mol. The molecule has 1 unspecified atom stereocenters. The molecule has 1 heterocycles. The van der Waals surface area contributed by atoms with E-state index >= 15 is 0 Å². The molecule has 7 heteroatoms. The van der Waals surface area contributed by atoms with Gasteiger partial charge in [0.15, 0.2) is 10.9 Å². The van der Waals surface area contributed by atoms with Gasteiger partial charge in [0.05, 0.1) is 22.9 Å². The van der Waals surface area contributed by atoms with Gasteiger partial charge in [-0.15, -0.1) is 0 Å². The van der Waals surface area contributed by atoms with Gasteiger partial charge >= 0.3 is 0 Å². The van der Waals surface area contributed by atoms with Crippen molar-refractivity contribution >= 4 is 40.2 Å². The molecule has 27 heavy (non-hydrogen) atoms. The number of ether oxygens (including phenoxy) is 1. The minimum atomic E-state index is -0.363. The van der Waals surface area contributed by atoms with Crippen LogP contribution >= 0.6 is 11.8 Å². The maximum Gasteiger partial charge on any atom is 0.237 e. The summed E-state index contributed by atoms with van der Waals surface area (Å²) < 4.78 is 5.49. The molecule has 0 aliphatic carbocycles. The summed E-state index contributed by atoms with van der Waals surface area (Å²) in [7, 11) is 0. The smallest absolute Gasteiger partial charge is 0.237 e. The Bertz CT molecular complexity index is 984. The second-order valence-corrected chi connectivity index (χ2v) is 7.37. The van der Waals surface area contributed by atoms with Crippen LogP contribution in [0.1, 0.15) is 31.1 Å². The van der Waals surface area contributed by atoms with Crippen LogP contribution in [0.4, 0.5) is 5.69 Å². The molecule has 3 aromatic rings. The van der Waals surface area contributed by atoms with Gasteiger partial charge in [-0.05, 0) is 45.0 Å². The highest BCUT2D eigenvalue weighted by molar-refractivity contribution is 8.00. The van der Waals surface area contributed by atoms with Crippen molar-refractivity contribution in [3.05, 3.63) is 48.0 Å². The Morgan fingerprint density at radius 2 is 2.07 bits per heavy atom. The molecule has 0 aliphatic heterocycles. The van der Waals surface area contributed by atoms with E-state index < -0.39 is 0 Å². The average Bonchev–Trinajstić information content (AvgIpc) is 3.03. The summed E-state index contributed by atoms with van der Waals surface area (Å²) in [5.74, 6) is 0.583. The lowest BCUT2D eigenvalue weighted by Gasteiger charge is -2.11. The van der Waals surface area contributed by atoms with Crippen molar-refractivity contribution in [2.45, 2.75) is 31.2 Å². The van der Waals surface area contributed by atoms with Crippen LogP contribution in [0, 0.1) is 0 Å². The lowest BCUT2D eigenvalue weighted by molar-refractivity contribution is -0.115. The van der Waals surface area contributed by atoms with Crippen molar-refractivity contribution in [1.82, 2.24) is 9.97 Å². The lowest BCUT2D eigenvalue weighted by Crippen LogP contribution is -2.22. The number of Topliss-reactive ketones (excluding diaryl/α,β-unsaturated/α-hetero) is 1. The van der Waals surface area contributed by atoms with Crippen LogP contribution in [-0.4, -0.2) is 33.5 Å². The van der Waals surface area contributed by atoms with E-state index in [-0.39, 0.29) is 16.9 Å². The first kappa shape index (κ1) is 19.0. The lowest BCUT2D eigenvalue weighted by atomic mass is 10.1. The monoisotopic (exact) mass is 383 g/mol. The molecule has 2 N–H and O–H groups in total. The van der Waals surface area contributed by atoms with Crippen molar-refractivity contribution in [2.24, 2.45) is 0 Å². The normalized spacial score (nSPS) is 12.0. The van der Waals surface area contributed by atoms with Crippen LogP contribution in [-0.2, 0) is 4.79 Å². The number of hydrogen-bond acceptors (Lipinski definition) is 5. The molecule has 140 valence electrons. The van der Waals surface area contributed by atoms with E-state index in [4.69, 9.17) is 4.74 Å². The molecule has 1 amide bonds. The third kappa shape index (κ3) is 4.68. The SMILES string of the molecule is CCOc1ccc2nc(SC(C)C(=O)Nc3cccc(C(C)=O)c3)[nH]c2c1. The summed E-state index contributed by atoms with van der Waals surface area (Å²) in [6.45, 7) is 5.85. The number of aromatic amines is 1. The van der Waals surface area contributed by atoms with Gasteiger partial charge in [-0.2, -0.15) is 0 Å². The first-order valence-corrected chi connectivity index (χ1v) is 9.55. The first-order valence-electron chi connectivity index (χ1n) is 8.67. The second-order valence-electron chi connectivity index (χ2n) is 6.04. The molecule has 2 aromatic carbocycles. The quantitative estimate of drug-likeness (QED) is 0.470. The van der Waals surface area contributed by atoms with Crippen molar-refractivity contribution in [2.75, 3.05) is 11.9 Å². The highest BCUT2D eigenvalue weighted by Crippen LogP contribution is 2.26. The van der Waals surface area contributed by atoms with Gasteiger partial charge < -0.3 is 15.0 Å². The van der Waals surface area contributed by atoms with E-state index in [1.165, 1.54) is 18.7 Å². The number of amides is 1. The van der Waals surface area contributed by atoms with Crippen molar-refractivity contribution in [3.63, 3.8) is 0 Å². The van der Waals surface area contributed by atoms with Gasteiger partial charge in [-0.3, -0.25) is 9.59 Å². The number of nitrogens with one attached hydrogen (secondary N) is 2. The number of anilines is 1. The molecule has 3 rings (SSSR count). The number of hydrogen-bond donors (Lipinski definition) is 2. The number of nitrogens with zero attached hydrogens (tertiary/aromatic N) is 1. The van der Waals surface area contributed by atoms with E-state index in [1.807, 2.05) is 32.0 Å². The second kappa shape index (κ2) is 8.26. The third-order valence-corrected chi connectivity index (χ3v) is 4.92. The minimum Gasteiger partial charge on any atom is -0.494 e. The zero-order valence-electron chi connectivity index (χ0n) is 15.4. The van der Waals surface area contributed by atoms with Crippen molar-refractivity contribution < 1.29 is 14.3 Å². The number of imidazole rings is 1. The number of rotatable bonds is 7. The number of ketones is 1. The molecule has 0 fully saturated rings. The van der Waals surface area contributed by atoms with E-state index in [0.29, 0.717) is 23.0 Å².